The summed E-state index contributed by atoms with van der Waals surface area (Å²) in [6.45, 7) is 0.253. The minimum atomic E-state index is -1.54. The molecule has 3 fully saturated rings. The van der Waals surface area contributed by atoms with E-state index in [0.717, 1.165) is 6.42 Å². The fraction of sp³-hybridized carbons (Fsp3) is 0.812. The summed E-state index contributed by atoms with van der Waals surface area (Å²) in [6.07, 6.45) is 7.29. The molecule has 6 nitrogen and oxygen atoms in total. The third-order valence-electron chi connectivity index (χ3n) is 5.52. The third-order valence-corrected chi connectivity index (χ3v) is 5.52. The van der Waals surface area contributed by atoms with Gasteiger partial charge in [0.15, 0.2) is 5.78 Å². The number of Topliss-reactive ketones (excluding diaryl/α,β-unsaturated/α-hetero) is 1. The average Bonchev–Trinajstić information content (AvgIpc) is 3.05. The normalized spacial score (nSPS) is 32.3. The predicted molar refractivity (Wildman–Crippen MR) is 78.8 cm³/mol. The van der Waals surface area contributed by atoms with Crippen LogP contribution < -0.4 is 5.73 Å². The molecule has 1 unspecified atom stereocenters. The van der Waals surface area contributed by atoms with Crippen LogP contribution in [0.15, 0.2) is 0 Å². The monoisotopic (exact) mass is 308 g/mol. The molecule has 0 aromatic carbocycles. The first-order chi connectivity index (χ1) is 10.6. The molecule has 3 rings (SSSR count). The van der Waals surface area contributed by atoms with Crippen LogP contribution in [0.2, 0.25) is 0 Å². The minimum absolute atomic E-state index is 0.125. The highest BCUT2D eigenvalue weighted by atomic mass is 16.5. The van der Waals surface area contributed by atoms with E-state index in [-0.39, 0.29) is 18.3 Å². The number of likely N-dealkylation sites (tertiary alicyclic amines) is 1. The van der Waals surface area contributed by atoms with Crippen LogP contribution in [0.25, 0.3) is 0 Å². The highest BCUT2D eigenvalue weighted by molar-refractivity contribution is 6.15. The fourth-order valence-corrected chi connectivity index (χ4v) is 4.31. The Morgan fingerprint density at radius 2 is 1.95 bits per heavy atom. The van der Waals surface area contributed by atoms with Crippen LogP contribution in [0.3, 0.4) is 0 Å². The summed E-state index contributed by atoms with van der Waals surface area (Å²) in [5.41, 5.74) is 3.96. The van der Waals surface area contributed by atoms with E-state index in [9.17, 15) is 14.4 Å². The number of carbonyl (C=O) groups excluding carboxylic acids is 3. The number of fused-ring (bicyclic) bond motifs is 1. The van der Waals surface area contributed by atoms with Gasteiger partial charge in [-0.3, -0.25) is 14.4 Å². The molecule has 0 spiro atoms. The Labute approximate surface area is 130 Å². The lowest BCUT2D eigenvalue weighted by molar-refractivity contribution is -0.150. The summed E-state index contributed by atoms with van der Waals surface area (Å²) in [6, 6.07) is 0. The largest absolute Gasteiger partial charge is 0.367 e. The molecule has 2 amide bonds. The lowest BCUT2D eigenvalue weighted by Gasteiger charge is -2.33. The van der Waals surface area contributed by atoms with E-state index in [0.29, 0.717) is 25.3 Å². The van der Waals surface area contributed by atoms with E-state index < -0.39 is 17.6 Å². The van der Waals surface area contributed by atoms with Crippen molar-refractivity contribution in [2.24, 2.45) is 11.7 Å². The first-order valence-corrected chi connectivity index (χ1v) is 8.32. The summed E-state index contributed by atoms with van der Waals surface area (Å²) in [4.78, 5) is 38.2. The summed E-state index contributed by atoms with van der Waals surface area (Å²) < 4.78 is 5.38. The first kappa shape index (κ1) is 15.5. The highest BCUT2D eigenvalue weighted by Gasteiger charge is 2.64. The smallest absolute Gasteiger partial charge is 0.254 e. The molecule has 2 N–H and O–H groups in total. The summed E-state index contributed by atoms with van der Waals surface area (Å²) in [5, 5.41) is 0. The van der Waals surface area contributed by atoms with Crippen molar-refractivity contribution in [2.45, 2.75) is 63.0 Å². The molecule has 1 aliphatic carbocycles. The zero-order chi connectivity index (χ0) is 15.7. The number of hydrogen-bond donors (Lipinski definition) is 1. The second-order valence-electron chi connectivity index (χ2n) is 6.73. The molecule has 22 heavy (non-hydrogen) atoms. The molecule has 6 heteroatoms. The Morgan fingerprint density at radius 3 is 2.64 bits per heavy atom. The minimum Gasteiger partial charge on any atom is -0.367 e. The molecule has 0 aromatic heterocycles. The number of amides is 2. The van der Waals surface area contributed by atoms with Crippen LogP contribution in [-0.2, 0) is 19.1 Å². The van der Waals surface area contributed by atoms with Crippen molar-refractivity contribution in [3.8, 4) is 0 Å². The predicted octanol–water partition coefficient (Wildman–Crippen LogP) is 0.771. The van der Waals surface area contributed by atoms with E-state index in [1.807, 2.05) is 0 Å². The molecule has 2 saturated heterocycles. The SMILES string of the molecule is NC(=O)C12C(=O)CO[C@H]1CCN2C(=O)CCC1CCCCC1. The van der Waals surface area contributed by atoms with Crippen LogP contribution in [0.1, 0.15) is 51.4 Å². The molecule has 0 aromatic rings. The number of ether oxygens (including phenoxy) is 1. The van der Waals surface area contributed by atoms with Gasteiger partial charge < -0.3 is 15.4 Å². The lowest BCUT2D eigenvalue weighted by Crippen LogP contribution is -2.63. The number of rotatable bonds is 4. The van der Waals surface area contributed by atoms with E-state index in [4.69, 9.17) is 10.5 Å². The number of hydrogen-bond acceptors (Lipinski definition) is 4. The third kappa shape index (κ3) is 2.33. The molecule has 2 heterocycles. The fourth-order valence-electron chi connectivity index (χ4n) is 4.31. The Kier molecular flexibility index (Phi) is 4.21. The van der Waals surface area contributed by atoms with Gasteiger partial charge >= 0.3 is 0 Å². The Morgan fingerprint density at radius 1 is 1.23 bits per heavy atom. The number of nitrogens with two attached hydrogens (primary N) is 1. The Hall–Kier alpha value is -1.43. The van der Waals surface area contributed by atoms with Crippen LogP contribution in [0.5, 0.6) is 0 Å². The molecule has 3 aliphatic rings. The Balaban J connectivity index is 1.68. The lowest BCUT2D eigenvalue weighted by atomic mass is 9.85. The van der Waals surface area contributed by atoms with Gasteiger partial charge in [0, 0.05) is 13.0 Å². The van der Waals surface area contributed by atoms with E-state index >= 15 is 0 Å². The van der Waals surface area contributed by atoms with Gasteiger partial charge in [-0.15, -0.1) is 0 Å². The van der Waals surface area contributed by atoms with Crippen LogP contribution >= 0.6 is 0 Å². The van der Waals surface area contributed by atoms with Crippen molar-refractivity contribution in [3.05, 3.63) is 0 Å². The van der Waals surface area contributed by atoms with Gasteiger partial charge in [-0.2, -0.15) is 0 Å². The van der Waals surface area contributed by atoms with Crippen LogP contribution in [0, 0.1) is 5.92 Å². The van der Waals surface area contributed by atoms with Gasteiger partial charge in [0.1, 0.15) is 6.61 Å². The van der Waals surface area contributed by atoms with Crippen LogP contribution in [-0.4, -0.2) is 47.3 Å². The number of ketones is 1. The Bertz CT molecular complexity index is 487. The highest BCUT2D eigenvalue weighted by Crippen LogP contribution is 2.38. The van der Waals surface area contributed by atoms with Crippen molar-refractivity contribution >= 4 is 17.6 Å². The number of carbonyl (C=O) groups is 3. The molecule has 1 saturated carbocycles. The topological polar surface area (TPSA) is 89.7 Å². The zero-order valence-corrected chi connectivity index (χ0v) is 12.9. The zero-order valence-electron chi connectivity index (χ0n) is 12.9. The van der Waals surface area contributed by atoms with Crippen LogP contribution in [0.4, 0.5) is 0 Å². The molecule has 0 radical (unpaired) electrons. The summed E-state index contributed by atoms with van der Waals surface area (Å²) in [7, 11) is 0. The maximum absolute atomic E-state index is 12.6. The number of primary amides is 1. The van der Waals surface area contributed by atoms with Gasteiger partial charge in [-0.05, 0) is 18.8 Å². The van der Waals surface area contributed by atoms with Crippen molar-refractivity contribution < 1.29 is 19.1 Å². The number of nitrogens with zero attached hydrogens (tertiary/aromatic N) is 1. The summed E-state index contributed by atoms with van der Waals surface area (Å²) in [5.74, 6) is -0.654. The van der Waals surface area contributed by atoms with Gasteiger partial charge in [-0.25, -0.2) is 0 Å². The molecule has 122 valence electrons. The second-order valence-corrected chi connectivity index (χ2v) is 6.73. The van der Waals surface area contributed by atoms with Crippen molar-refractivity contribution in [1.29, 1.82) is 0 Å². The van der Waals surface area contributed by atoms with E-state index in [1.165, 1.54) is 37.0 Å². The molecular weight excluding hydrogens is 284 g/mol. The molecular formula is C16H24N2O4. The van der Waals surface area contributed by atoms with Gasteiger partial charge in [0.2, 0.25) is 11.4 Å². The maximum atomic E-state index is 12.6. The van der Waals surface area contributed by atoms with Gasteiger partial charge in [-0.1, -0.05) is 32.1 Å². The average molecular weight is 308 g/mol. The maximum Gasteiger partial charge on any atom is 0.254 e. The second kappa shape index (κ2) is 5.99. The van der Waals surface area contributed by atoms with Gasteiger partial charge in [0.25, 0.3) is 5.91 Å². The standard InChI is InChI=1S/C16H24N2O4/c17-15(21)16-12(19)10-22-13(16)8-9-18(16)14(20)7-6-11-4-2-1-3-5-11/h11,13H,1-10H2,(H2,17,21)/t13-,16?/m0/s1. The first-order valence-electron chi connectivity index (χ1n) is 8.32. The van der Waals surface area contributed by atoms with Crippen molar-refractivity contribution in [3.63, 3.8) is 0 Å². The van der Waals surface area contributed by atoms with Crippen molar-refractivity contribution in [1.82, 2.24) is 4.90 Å². The van der Waals surface area contributed by atoms with E-state index in [1.54, 1.807) is 0 Å². The quantitative estimate of drug-likeness (QED) is 0.777. The summed E-state index contributed by atoms with van der Waals surface area (Å²) >= 11 is 0. The van der Waals surface area contributed by atoms with E-state index in [2.05, 4.69) is 0 Å². The molecule has 2 aliphatic heterocycles. The molecule has 2 atom stereocenters. The van der Waals surface area contributed by atoms with Crippen molar-refractivity contribution in [2.75, 3.05) is 13.2 Å². The van der Waals surface area contributed by atoms with Gasteiger partial charge in [0.05, 0.1) is 6.10 Å². The molecule has 0 bridgehead atoms.